The maximum Gasteiger partial charge on any atom is 0.214 e. The van der Waals surface area contributed by atoms with Crippen molar-refractivity contribution in [2.24, 2.45) is 0 Å². The number of hydrogen-bond acceptors (Lipinski definition) is 8. The normalized spacial score (nSPS) is 28.9. The molecule has 0 bridgehead atoms. The van der Waals surface area contributed by atoms with E-state index in [1.807, 2.05) is 47.0 Å². The molecule has 2 rings (SSSR count). The molecule has 4 unspecified atom stereocenters. The molecule has 2 heterocycles. The molecule has 0 aromatic heterocycles. The molecule has 0 aliphatic carbocycles. The standard InChI is InChI=1S/C17H24O2S6/c1-10(2)16(18)22-8-12-6-20-14(24-12)5-15-21-7-13(25-15)9-23-17(19)11(3)4/h12-15H,1,3,5-9H2,2,4H3. The molecule has 25 heavy (non-hydrogen) atoms. The summed E-state index contributed by atoms with van der Waals surface area (Å²) >= 11 is 11.0. The van der Waals surface area contributed by atoms with Gasteiger partial charge < -0.3 is 0 Å². The van der Waals surface area contributed by atoms with Crippen molar-refractivity contribution in [1.29, 1.82) is 0 Å². The Morgan fingerprint density at radius 1 is 0.880 bits per heavy atom. The summed E-state index contributed by atoms with van der Waals surface area (Å²) in [7, 11) is 0. The van der Waals surface area contributed by atoms with E-state index in [-0.39, 0.29) is 10.2 Å². The highest BCUT2D eigenvalue weighted by molar-refractivity contribution is 8.23. The summed E-state index contributed by atoms with van der Waals surface area (Å²) in [5.41, 5.74) is 1.29. The van der Waals surface area contributed by atoms with Crippen molar-refractivity contribution in [3.8, 4) is 0 Å². The molecule has 2 fully saturated rings. The SMILES string of the molecule is C=C(C)C(=O)SCC1CSC(CC2SCC(CSC(=O)C(=C)C)S2)S1. The minimum atomic E-state index is 0.126. The molecule has 4 atom stereocenters. The largest absolute Gasteiger partial charge is 0.282 e. The summed E-state index contributed by atoms with van der Waals surface area (Å²) in [6.07, 6.45) is 1.20. The molecule has 0 amide bonds. The zero-order chi connectivity index (χ0) is 18.4. The van der Waals surface area contributed by atoms with Crippen LogP contribution in [0, 0.1) is 0 Å². The highest BCUT2D eigenvalue weighted by Gasteiger charge is 2.33. The van der Waals surface area contributed by atoms with Gasteiger partial charge in [-0.05, 0) is 31.4 Å². The average Bonchev–Trinajstić information content (AvgIpc) is 3.19. The minimum absolute atomic E-state index is 0.126. The van der Waals surface area contributed by atoms with Crippen LogP contribution in [-0.2, 0) is 9.59 Å². The van der Waals surface area contributed by atoms with Crippen LogP contribution in [0.5, 0.6) is 0 Å². The van der Waals surface area contributed by atoms with Gasteiger partial charge in [0.1, 0.15) is 0 Å². The van der Waals surface area contributed by atoms with Crippen LogP contribution in [0.3, 0.4) is 0 Å². The molecule has 0 N–H and O–H groups in total. The highest BCUT2D eigenvalue weighted by atomic mass is 32.2. The Bertz CT molecular complexity index is 489. The van der Waals surface area contributed by atoms with Gasteiger partial charge in [0.2, 0.25) is 10.2 Å². The second kappa shape index (κ2) is 11.1. The average molecular weight is 453 g/mol. The maximum absolute atomic E-state index is 11.7. The molecule has 140 valence electrons. The van der Waals surface area contributed by atoms with E-state index in [9.17, 15) is 9.59 Å². The van der Waals surface area contributed by atoms with Crippen LogP contribution in [0.15, 0.2) is 24.3 Å². The van der Waals surface area contributed by atoms with Crippen molar-refractivity contribution in [2.45, 2.75) is 39.9 Å². The van der Waals surface area contributed by atoms with Gasteiger partial charge >= 0.3 is 0 Å². The molecule has 2 nitrogen and oxygen atoms in total. The quantitative estimate of drug-likeness (QED) is 0.453. The third-order valence-electron chi connectivity index (χ3n) is 3.51. The molecule has 8 heteroatoms. The van der Waals surface area contributed by atoms with Crippen LogP contribution >= 0.6 is 70.6 Å². The second-order valence-corrected chi connectivity index (χ2v) is 14.1. The van der Waals surface area contributed by atoms with E-state index >= 15 is 0 Å². The molecule has 0 radical (unpaired) electrons. The summed E-state index contributed by atoms with van der Waals surface area (Å²) < 4.78 is 1.28. The molecule has 2 aliphatic heterocycles. The van der Waals surface area contributed by atoms with Crippen LogP contribution < -0.4 is 0 Å². The van der Waals surface area contributed by atoms with E-state index < -0.39 is 0 Å². The lowest BCUT2D eigenvalue weighted by molar-refractivity contribution is -0.108. The van der Waals surface area contributed by atoms with E-state index in [0.29, 0.717) is 30.8 Å². The van der Waals surface area contributed by atoms with Crippen molar-refractivity contribution in [1.82, 2.24) is 0 Å². The van der Waals surface area contributed by atoms with Gasteiger partial charge in [-0.1, -0.05) is 36.7 Å². The van der Waals surface area contributed by atoms with Crippen LogP contribution in [0.25, 0.3) is 0 Å². The van der Waals surface area contributed by atoms with Crippen LogP contribution in [0.2, 0.25) is 0 Å². The summed E-state index contributed by atoms with van der Waals surface area (Å²) in [5, 5.41) is 1.39. The van der Waals surface area contributed by atoms with Crippen molar-refractivity contribution in [3.05, 3.63) is 24.3 Å². The van der Waals surface area contributed by atoms with Gasteiger partial charge in [0.05, 0.1) is 9.16 Å². The van der Waals surface area contributed by atoms with E-state index in [0.717, 1.165) is 23.0 Å². The van der Waals surface area contributed by atoms with Gasteiger partial charge in [0, 0.05) is 33.5 Å². The van der Waals surface area contributed by atoms with Crippen LogP contribution in [-0.4, -0.2) is 52.9 Å². The van der Waals surface area contributed by atoms with Crippen molar-refractivity contribution < 1.29 is 9.59 Å². The van der Waals surface area contributed by atoms with Crippen LogP contribution in [0.1, 0.15) is 20.3 Å². The summed E-state index contributed by atoms with van der Waals surface area (Å²) in [5.74, 6) is 4.07. The fourth-order valence-electron chi connectivity index (χ4n) is 2.18. The van der Waals surface area contributed by atoms with Crippen molar-refractivity contribution in [2.75, 3.05) is 23.0 Å². The smallest absolute Gasteiger partial charge is 0.214 e. The first kappa shape index (κ1) is 22.2. The molecule has 2 aliphatic rings. The van der Waals surface area contributed by atoms with Crippen molar-refractivity contribution >= 4 is 80.8 Å². The number of carbonyl (C=O) groups excluding carboxylic acids is 2. The van der Waals surface area contributed by atoms with Gasteiger partial charge in [-0.15, -0.1) is 47.0 Å². The third-order valence-corrected chi connectivity index (χ3v) is 12.9. The zero-order valence-electron chi connectivity index (χ0n) is 14.5. The zero-order valence-corrected chi connectivity index (χ0v) is 19.4. The second-order valence-electron chi connectivity index (χ2n) is 6.04. The first-order chi connectivity index (χ1) is 11.8. The molecule has 2 saturated heterocycles. The minimum Gasteiger partial charge on any atom is -0.282 e. The molecule has 0 aromatic carbocycles. The summed E-state index contributed by atoms with van der Waals surface area (Å²) in [4.78, 5) is 23.3. The van der Waals surface area contributed by atoms with Gasteiger partial charge in [-0.25, -0.2) is 0 Å². The Morgan fingerprint density at radius 3 is 1.64 bits per heavy atom. The number of thioether (sulfide) groups is 6. The van der Waals surface area contributed by atoms with Crippen molar-refractivity contribution in [3.63, 3.8) is 0 Å². The Hall–Kier alpha value is 0.920. The Balaban J connectivity index is 1.63. The number of rotatable bonds is 8. The summed E-state index contributed by atoms with van der Waals surface area (Å²) in [6.45, 7) is 11.0. The molecule has 0 aromatic rings. The first-order valence-electron chi connectivity index (χ1n) is 8.04. The fraction of sp³-hybridized carbons (Fsp3) is 0.647. The predicted octanol–water partition coefficient (Wildman–Crippen LogP) is 5.40. The first-order valence-corrected chi connectivity index (χ1v) is 14.0. The lowest BCUT2D eigenvalue weighted by Crippen LogP contribution is -2.09. The van der Waals surface area contributed by atoms with E-state index in [2.05, 4.69) is 13.2 Å². The van der Waals surface area contributed by atoms with Gasteiger partial charge in [0.25, 0.3) is 0 Å². The topological polar surface area (TPSA) is 34.1 Å². The highest BCUT2D eigenvalue weighted by Crippen LogP contribution is 2.48. The van der Waals surface area contributed by atoms with E-state index in [1.54, 1.807) is 13.8 Å². The fourth-order valence-corrected chi connectivity index (χ4v) is 11.8. The Labute approximate surface area is 176 Å². The number of hydrogen-bond donors (Lipinski definition) is 0. The molecule has 0 saturated carbocycles. The Kier molecular flexibility index (Phi) is 9.82. The van der Waals surface area contributed by atoms with E-state index in [1.165, 1.54) is 29.9 Å². The van der Waals surface area contributed by atoms with Gasteiger partial charge in [0.15, 0.2) is 0 Å². The van der Waals surface area contributed by atoms with Crippen LogP contribution in [0.4, 0.5) is 0 Å². The third kappa shape index (κ3) is 7.82. The molecular formula is C17H24O2S6. The molecule has 0 spiro atoms. The predicted molar refractivity (Wildman–Crippen MR) is 124 cm³/mol. The lowest BCUT2D eigenvalue weighted by Gasteiger charge is -2.14. The maximum atomic E-state index is 11.7. The lowest BCUT2D eigenvalue weighted by atomic mass is 10.4. The van der Waals surface area contributed by atoms with E-state index in [4.69, 9.17) is 0 Å². The van der Waals surface area contributed by atoms with Gasteiger partial charge in [-0.3, -0.25) is 9.59 Å². The summed E-state index contributed by atoms with van der Waals surface area (Å²) in [6, 6.07) is 0. The Morgan fingerprint density at radius 2 is 1.28 bits per heavy atom. The van der Waals surface area contributed by atoms with Gasteiger partial charge in [-0.2, -0.15) is 0 Å². The molecular weight excluding hydrogens is 429 g/mol. The monoisotopic (exact) mass is 452 g/mol. The number of carbonyl (C=O) groups is 2.